The van der Waals surface area contributed by atoms with Gasteiger partial charge in [-0.2, -0.15) is 0 Å². The smallest absolute Gasteiger partial charge is 0.0198 e. The third-order valence-electron chi connectivity index (χ3n) is 4.67. The van der Waals surface area contributed by atoms with E-state index in [1.807, 2.05) is 0 Å². The van der Waals surface area contributed by atoms with E-state index in [1.165, 1.54) is 45.2 Å². The van der Waals surface area contributed by atoms with Crippen molar-refractivity contribution in [2.75, 3.05) is 13.1 Å². The minimum absolute atomic E-state index is 0.723. The molecule has 0 bridgehead atoms. The Morgan fingerprint density at radius 1 is 1.06 bits per heavy atom. The van der Waals surface area contributed by atoms with Crippen LogP contribution in [-0.4, -0.2) is 36.1 Å². The first-order valence-electron chi connectivity index (χ1n) is 7.22. The topological polar surface area (TPSA) is 15.3 Å². The van der Waals surface area contributed by atoms with Gasteiger partial charge in [-0.25, -0.2) is 0 Å². The Balaban J connectivity index is 2.07. The molecule has 0 aromatic heterocycles. The Hall–Kier alpha value is -0.0800. The number of hydrogen-bond donors (Lipinski definition) is 1. The van der Waals surface area contributed by atoms with E-state index >= 15 is 0 Å². The normalized spacial score (nSPS) is 42.2. The first kappa shape index (κ1) is 12.4. The Morgan fingerprint density at radius 2 is 1.69 bits per heavy atom. The molecule has 2 aliphatic rings. The maximum atomic E-state index is 3.54. The summed E-state index contributed by atoms with van der Waals surface area (Å²) in [4.78, 5) is 2.82. The van der Waals surface area contributed by atoms with Crippen molar-refractivity contribution >= 4 is 0 Å². The van der Waals surface area contributed by atoms with Gasteiger partial charge in [-0.1, -0.05) is 26.2 Å². The average Bonchev–Trinajstić information content (AvgIpc) is 2.29. The summed E-state index contributed by atoms with van der Waals surface area (Å²) in [6.45, 7) is 9.52. The van der Waals surface area contributed by atoms with Gasteiger partial charge in [0.15, 0.2) is 0 Å². The Kier molecular flexibility index (Phi) is 4.26. The number of nitrogens with one attached hydrogen (secondary N) is 1. The van der Waals surface area contributed by atoms with Gasteiger partial charge >= 0.3 is 0 Å². The second-order valence-electron chi connectivity index (χ2n) is 5.82. The molecule has 2 rings (SSSR count). The average molecular weight is 224 g/mol. The lowest BCUT2D eigenvalue weighted by Gasteiger charge is -2.48. The van der Waals surface area contributed by atoms with E-state index in [-0.39, 0.29) is 0 Å². The van der Waals surface area contributed by atoms with Crippen LogP contribution in [0.15, 0.2) is 0 Å². The zero-order valence-corrected chi connectivity index (χ0v) is 11.2. The van der Waals surface area contributed by atoms with Crippen molar-refractivity contribution in [3.05, 3.63) is 0 Å². The number of piperazine rings is 1. The summed E-state index contributed by atoms with van der Waals surface area (Å²) in [5.74, 6) is 0.955. The van der Waals surface area contributed by atoms with Gasteiger partial charge in [0, 0.05) is 31.2 Å². The van der Waals surface area contributed by atoms with Crippen molar-refractivity contribution in [1.29, 1.82) is 0 Å². The summed E-state index contributed by atoms with van der Waals surface area (Å²) in [5.41, 5.74) is 0. The molecule has 0 aromatic carbocycles. The van der Waals surface area contributed by atoms with Gasteiger partial charge in [0.2, 0.25) is 0 Å². The minimum atomic E-state index is 0.723. The lowest BCUT2D eigenvalue weighted by molar-refractivity contribution is 0.0159. The lowest BCUT2D eigenvalue weighted by Crippen LogP contribution is -2.60. The van der Waals surface area contributed by atoms with Gasteiger partial charge in [0.25, 0.3) is 0 Å². The molecule has 1 heterocycles. The molecule has 1 aliphatic heterocycles. The largest absolute Gasteiger partial charge is 0.314 e. The molecule has 4 atom stereocenters. The molecule has 0 radical (unpaired) electrons. The maximum Gasteiger partial charge on any atom is 0.0198 e. The summed E-state index contributed by atoms with van der Waals surface area (Å²) in [5, 5.41) is 3.54. The Labute approximate surface area is 101 Å². The molecule has 2 heteroatoms. The van der Waals surface area contributed by atoms with Gasteiger partial charge in [-0.15, -0.1) is 0 Å². The van der Waals surface area contributed by atoms with Gasteiger partial charge in [-0.05, 0) is 32.6 Å². The zero-order valence-electron chi connectivity index (χ0n) is 11.2. The molecule has 1 saturated heterocycles. The van der Waals surface area contributed by atoms with Crippen LogP contribution in [0.3, 0.4) is 0 Å². The van der Waals surface area contributed by atoms with Crippen molar-refractivity contribution < 1.29 is 0 Å². The first-order chi connectivity index (χ1) is 7.74. The number of nitrogens with zero attached hydrogens (tertiary/aromatic N) is 1. The predicted molar refractivity (Wildman–Crippen MR) is 69.7 cm³/mol. The predicted octanol–water partition coefficient (Wildman–Crippen LogP) is 2.64. The van der Waals surface area contributed by atoms with E-state index in [9.17, 15) is 0 Å². The molecular formula is C14H28N2. The van der Waals surface area contributed by atoms with E-state index in [2.05, 4.69) is 31.0 Å². The Morgan fingerprint density at radius 3 is 2.31 bits per heavy atom. The fourth-order valence-corrected chi connectivity index (χ4v) is 3.86. The molecular weight excluding hydrogens is 196 g/mol. The monoisotopic (exact) mass is 224 g/mol. The summed E-state index contributed by atoms with van der Waals surface area (Å²) in [6, 6.07) is 2.31. The molecule has 4 unspecified atom stereocenters. The molecule has 2 fully saturated rings. The van der Waals surface area contributed by atoms with Crippen LogP contribution < -0.4 is 5.32 Å². The third kappa shape index (κ3) is 2.43. The SMILES string of the molecule is CCC1CCCCC1N1C(C)CNCC1C. The molecule has 1 saturated carbocycles. The van der Waals surface area contributed by atoms with Gasteiger partial charge in [0.1, 0.15) is 0 Å². The highest BCUT2D eigenvalue weighted by molar-refractivity contribution is 4.91. The van der Waals surface area contributed by atoms with E-state index in [0.717, 1.165) is 24.0 Å². The first-order valence-corrected chi connectivity index (χ1v) is 7.22. The molecule has 0 aromatic rings. The summed E-state index contributed by atoms with van der Waals surface area (Å²) in [7, 11) is 0. The summed E-state index contributed by atoms with van der Waals surface area (Å²) in [6.07, 6.45) is 7.18. The fraction of sp³-hybridized carbons (Fsp3) is 1.00. The van der Waals surface area contributed by atoms with Crippen LogP contribution >= 0.6 is 0 Å². The van der Waals surface area contributed by atoms with Gasteiger partial charge in [-0.3, -0.25) is 4.90 Å². The number of hydrogen-bond acceptors (Lipinski definition) is 2. The second-order valence-corrected chi connectivity index (χ2v) is 5.82. The van der Waals surface area contributed by atoms with Crippen molar-refractivity contribution in [3.8, 4) is 0 Å². The highest BCUT2D eigenvalue weighted by atomic mass is 15.3. The van der Waals surface area contributed by atoms with Crippen LogP contribution in [0.4, 0.5) is 0 Å². The molecule has 0 spiro atoms. The zero-order chi connectivity index (χ0) is 11.5. The van der Waals surface area contributed by atoms with E-state index in [4.69, 9.17) is 0 Å². The summed E-state index contributed by atoms with van der Waals surface area (Å²) >= 11 is 0. The van der Waals surface area contributed by atoms with Crippen LogP contribution in [-0.2, 0) is 0 Å². The van der Waals surface area contributed by atoms with Crippen molar-refractivity contribution in [3.63, 3.8) is 0 Å². The van der Waals surface area contributed by atoms with Crippen LogP contribution in [0.25, 0.3) is 0 Å². The maximum absolute atomic E-state index is 3.54. The molecule has 1 N–H and O–H groups in total. The Bertz CT molecular complexity index is 207. The van der Waals surface area contributed by atoms with Crippen LogP contribution in [0, 0.1) is 5.92 Å². The molecule has 0 amide bonds. The van der Waals surface area contributed by atoms with Gasteiger partial charge < -0.3 is 5.32 Å². The van der Waals surface area contributed by atoms with Crippen molar-refractivity contribution in [2.45, 2.75) is 71.0 Å². The van der Waals surface area contributed by atoms with Crippen molar-refractivity contribution in [1.82, 2.24) is 10.2 Å². The van der Waals surface area contributed by atoms with Crippen molar-refractivity contribution in [2.24, 2.45) is 5.92 Å². The van der Waals surface area contributed by atoms with Gasteiger partial charge in [0.05, 0.1) is 0 Å². The lowest BCUT2D eigenvalue weighted by atomic mass is 9.80. The highest BCUT2D eigenvalue weighted by Gasteiger charge is 2.35. The number of rotatable bonds is 2. The highest BCUT2D eigenvalue weighted by Crippen LogP contribution is 2.33. The standard InChI is InChI=1S/C14H28N2/c1-4-13-7-5-6-8-14(13)16-11(2)9-15-10-12(16)3/h11-15H,4-10H2,1-3H3. The van der Waals surface area contributed by atoms with E-state index in [0.29, 0.717) is 0 Å². The minimum Gasteiger partial charge on any atom is -0.314 e. The fourth-order valence-electron chi connectivity index (χ4n) is 3.86. The molecule has 1 aliphatic carbocycles. The molecule has 2 nitrogen and oxygen atoms in total. The molecule has 16 heavy (non-hydrogen) atoms. The molecule has 94 valence electrons. The van der Waals surface area contributed by atoms with E-state index < -0.39 is 0 Å². The summed E-state index contributed by atoms with van der Waals surface area (Å²) < 4.78 is 0. The second kappa shape index (κ2) is 5.50. The van der Waals surface area contributed by atoms with E-state index in [1.54, 1.807) is 0 Å². The van der Waals surface area contributed by atoms with Crippen LogP contribution in [0.5, 0.6) is 0 Å². The van der Waals surface area contributed by atoms with Crippen LogP contribution in [0.2, 0.25) is 0 Å². The quantitative estimate of drug-likeness (QED) is 0.776. The third-order valence-corrected chi connectivity index (χ3v) is 4.67. The van der Waals surface area contributed by atoms with Crippen LogP contribution in [0.1, 0.15) is 52.9 Å².